The molecular formula is C21H43NO2S. The lowest BCUT2D eigenvalue weighted by atomic mass is 10.1. The molecule has 0 aromatic carbocycles. The number of nitrogens with one attached hydrogen (secondary N) is 1. The van der Waals surface area contributed by atoms with E-state index in [0.717, 1.165) is 12.8 Å². The van der Waals surface area contributed by atoms with Crippen molar-refractivity contribution in [3.8, 4) is 0 Å². The number of allylic oxidation sites excluding steroid dienone is 2. The van der Waals surface area contributed by atoms with Gasteiger partial charge in [-0.1, -0.05) is 76.9 Å². The average Bonchev–Trinajstić information content (AvgIpc) is 2.57. The summed E-state index contributed by atoms with van der Waals surface area (Å²) in [5, 5.41) is -0.332. The highest BCUT2D eigenvalue weighted by Crippen LogP contribution is 2.10. The molecule has 0 spiro atoms. The lowest BCUT2D eigenvalue weighted by Crippen LogP contribution is -2.31. The molecule has 0 heterocycles. The summed E-state index contributed by atoms with van der Waals surface area (Å²) in [6.45, 7) is 6.27. The first-order valence-corrected chi connectivity index (χ1v) is 12.2. The minimum atomic E-state index is -3.08. The molecule has 0 aliphatic heterocycles. The van der Waals surface area contributed by atoms with Crippen LogP contribution in [0.1, 0.15) is 111 Å². The molecule has 1 N–H and O–H groups in total. The first-order chi connectivity index (χ1) is 12.0. The lowest BCUT2D eigenvalue weighted by molar-refractivity contribution is 0.559. The highest BCUT2D eigenvalue weighted by molar-refractivity contribution is 7.90. The van der Waals surface area contributed by atoms with Crippen LogP contribution in [0.4, 0.5) is 0 Å². The summed E-state index contributed by atoms with van der Waals surface area (Å²) < 4.78 is 25.8. The van der Waals surface area contributed by atoms with Gasteiger partial charge in [-0.05, 0) is 46.0 Å². The van der Waals surface area contributed by atoms with E-state index >= 15 is 0 Å². The first kappa shape index (κ1) is 24.7. The van der Waals surface area contributed by atoms with Gasteiger partial charge >= 0.3 is 0 Å². The van der Waals surface area contributed by atoms with Gasteiger partial charge in [0, 0.05) is 6.54 Å². The van der Waals surface area contributed by atoms with Crippen LogP contribution in [-0.2, 0) is 10.0 Å². The summed E-state index contributed by atoms with van der Waals surface area (Å²) in [6.07, 6.45) is 22.6. The fourth-order valence-corrected chi connectivity index (χ4v) is 3.52. The van der Waals surface area contributed by atoms with Gasteiger partial charge in [0.15, 0.2) is 0 Å². The van der Waals surface area contributed by atoms with Gasteiger partial charge in [0.2, 0.25) is 10.0 Å². The van der Waals surface area contributed by atoms with Crippen molar-refractivity contribution in [2.45, 2.75) is 116 Å². The van der Waals surface area contributed by atoms with Gasteiger partial charge in [-0.2, -0.15) is 0 Å². The molecule has 4 heteroatoms. The van der Waals surface area contributed by atoms with E-state index in [2.05, 4.69) is 23.8 Å². The molecule has 0 aliphatic carbocycles. The first-order valence-electron chi connectivity index (χ1n) is 10.6. The van der Waals surface area contributed by atoms with Gasteiger partial charge < -0.3 is 0 Å². The van der Waals surface area contributed by atoms with Crippen LogP contribution in [0.25, 0.3) is 0 Å². The molecular weight excluding hydrogens is 330 g/mol. The summed E-state index contributed by atoms with van der Waals surface area (Å²) in [5.74, 6) is 0. The zero-order valence-electron chi connectivity index (χ0n) is 17.1. The van der Waals surface area contributed by atoms with E-state index in [1.807, 2.05) is 0 Å². The molecule has 0 aromatic rings. The predicted molar refractivity (Wildman–Crippen MR) is 112 cm³/mol. The number of unbranched alkanes of at least 4 members (excludes halogenated alkanes) is 12. The van der Waals surface area contributed by atoms with Crippen molar-refractivity contribution in [3.63, 3.8) is 0 Å². The number of rotatable bonds is 18. The van der Waals surface area contributed by atoms with E-state index in [-0.39, 0.29) is 5.25 Å². The van der Waals surface area contributed by atoms with Gasteiger partial charge in [0.1, 0.15) is 0 Å². The zero-order chi connectivity index (χ0) is 18.8. The van der Waals surface area contributed by atoms with E-state index in [9.17, 15) is 8.42 Å². The number of hydrogen-bond donors (Lipinski definition) is 1. The zero-order valence-corrected chi connectivity index (χ0v) is 17.9. The molecule has 150 valence electrons. The summed E-state index contributed by atoms with van der Waals surface area (Å²) in [5.41, 5.74) is 0. The van der Waals surface area contributed by atoms with E-state index < -0.39 is 10.0 Å². The molecule has 0 saturated carbocycles. The molecule has 0 unspecified atom stereocenters. The summed E-state index contributed by atoms with van der Waals surface area (Å²) in [7, 11) is -3.08. The summed E-state index contributed by atoms with van der Waals surface area (Å²) in [4.78, 5) is 0. The maximum Gasteiger partial charge on any atom is 0.213 e. The Bertz CT molecular complexity index is 402. The molecule has 3 nitrogen and oxygen atoms in total. The van der Waals surface area contributed by atoms with Gasteiger partial charge in [0.05, 0.1) is 5.25 Å². The van der Waals surface area contributed by atoms with Gasteiger partial charge in [-0.15, -0.1) is 0 Å². The largest absolute Gasteiger partial charge is 0.215 e. The molecule has 0 atom stereocenters. The van der Waals surface area contributed by atoms with Crippen LogP contribution < -0.4 is 4.72 Å². The predicted octanol–water partition coefficient (Wildman–Crippen LogP) is 6.35. The van der Waals surface area contributed by atoms with Crippen LogP contribution in [0.3, 0.4) is 0 Å². The van der Waals surface area contributed by atoms with E-state index in [0.29, 0.717) is 6.54 Å². The van der Waals surface area contributed by atoms with Crippen molar-refractivity contribution >= 4 is 10.0 Å². The van der Waals surface area contributed by atoms with E-state index in [4.69, 9.17) is 0 Å². The molecule has 0 rings (SSSR count). The number of sulfonamides is 1. The lowest BCUT2D eigenvalue weighted by Gasteiger charge is -2.09. The normalized spacial score (nSPS) is 12.5. The second kappa shape index (κ2) is 17.1. The second-order valence-electron chi connectivity index (χ2n) is 7.43. The minimum Gasteiger partial charge on any atom is -0.215 e. The Morgan fingerprint density at radius 2 is 1.16 bits per heavy atom. The van der Waals surface area contributed by atoms with Crippen molar-refractivity contribution in [2.24, 2.45) is 0 Å². The van der Waals surface area contributed by atoms with Gasteiger partial charge in [0.25, 0.3) is 0 Å². The van der Waals surface area contributed by atoms with E-state index in [1.54, 1.807) is 13.8 Å². The van der Waals surface area contributed by atoms with Gasteiger partial charge in [-0.3, -0.25) is 0 Å². The molecule has 0 fully saturated rings. The third-order valence-corrected chi connectivity index (χ3v) is 6.46. The standard InChI is InChI=1S/C21H43NO2S/c1-4-5-6-7-8-9-10-11-12-13-14-15-16-17-18-19-20-22-25(23,24)21(2)3/h11-12,21-22H,4-10,13-20H2,1-3H3/b12-11-. The Morgan fingerprint density at radius 1 is 0.720 bits per heavy atom. The Labute approximate surface area is 158 Å². The highest BCUT2D eigenvalue weighted by Gasteiger charge is 2.13. The van der Waals surface area contributed by atoms with Crippen molar-refractivity contribution in [1.82, 2.24) is 4.72 Å². The third kappa shape index (κ3) is 16.8. The number of hydrogen-bond acceptors (Lipinski definition) is 2. The van der Waals surface area contributed by atoms with Gasteiger partial charge in [-0.25, -0.2) is 13.1 Å². The fraction of sp³-hybridized carbons (Fsp3) is 0.905. The molecule has 0 aromatic heterocycles. The molecule has 25 heavy (non-hydrogen) atoms. The summed E-state index contributed by atoms with van der Waals surface area (Å²) >= 11 is 0. The van der Waals surface area contributed by atoms with Crippen LogP contribution in [-0.4, -0.2) is 20.2 Å². The maximum absolute atomic E-state index is 11.6. The fourth-order valence-electron chi connectivity index (χ4n) is 2.75. The van der Waals surface area contributed by atoms with Crippen molar-refractivity contribution in [2.75, 3.05) is 6.54 Å². The van der Waals surface area contributed by atoms with Crippen LogP contribution in [0.15, 0.2) is 12.2 Å². The Kier molecular flexibility index (Phi) is 16.8. The quantitative estimate of drug-likeness (QED) is 0.225. The smallest absolute Gasteiger partial charge is 0.213 e. The maximum atomic E-state index is 11.6. The van der Waals surface area contributed by atoms with Crippen molar-refractivity contribution < 1.29 is 8.42 Å². The Morgan fingerprint density at radius 3 is 1.64 bits per heavy atom. The molecule has 0 radical (unpaired) electrons. The molecule has 0 aliphatic rings. The molecule has 0 amide bonds. The SMILES string of the molecule is CCCCCCCC/C=C\CCCCCCCCNS(=O)(=O)C(C)C. The second-order valence-corrected chi connectivity index (χ2v) is 9.75. The molecule has 0 bridgehead atoms. The average molecular weight is 374 g/mol. The Hall–Kier alpha value is -0.350. The molecule has 0 saturated heterocycles. The Balaban J connectivity index is 3.25. The van der Waals surface area contributed by atoms with Crippen molar-refractivity contribution in [3.05, 3.63) is 12.2 Å². The monoisotopic (exact) mass is 373 g/mol. The third-order valence-electron chi connectivity index (χ3n) is 4.61. The van der Waals surface area contributed by atoms with Crippen LogP contribution in [0, 0.1) is 0 Å². The summed E-state index contributed by atoms with van der Waals surface area (Å²) in [6, 6.07) is 0. The van der Waals surface area contributed by atoms with E-state index in [1.165, 1.54) is 77.0 Å². The topological polar surface area (TPSA) is 46.2 Å². The highest BCUT2D eigenvalue weighted by atomic mass is 32.2. The van der Waals surface area contributed by atoms with Crippen LogP contribution >= 0.6 is 0 Å². The minimum absolute atomic E-state index is 0.332. The van der Waals surface area contributed by atoms with Crippen LogP contribution in [0.2, 0.25) is 0 Å². The van der Waals surface area contributed by atoms with Crippen molar-refractivity contribution in [1.29, 1.82) is 0 Å². The van der Waals surface area contributed by atoms with Crippen LogP contribution in [0.5, 0.6) is 0 Å².